The van der Waals surface area contributed by atoms with Crippen LogP contribution >= 0.6 is 0 Å². The van der Waals surface area contributed by atoms with Crippen molar-refractivity contribution in [2.24, 2.45) is 0 Å². The summed E-state index contributed by atoms with van der Waals surface area (Å²) in [5, 5.41) is 0. The molecule has 1 fully saturated rings. The number of ether oxygens (including phenoxy) is 3. The number of esters is 1. The molecule has 134 valence electrons. The Morgan fingerprint density at radius 3 is 2.28 bits per heavy atom. The fourth-order valence-corrected chi connectivity index (χ4v) is 2.39. The molecule has 0 bridgehead atoms. The number of rotatable bonds is 8. The van der Waals surface area contributed by atoms with Gasteiger partial charge in [0.25, 0.3) is 0 Å². The fraction of sp³-hybridized carbons (Fsp3) is 0.412. The average Bonchev–Trinajstić information content (AvgIpc) is 2.95. The van der Waals surface area contributed by atoms with Crippen molar-refractivity contribution in [2.75, 3.05) is 27.4 Å². The second-order valence-corrected chi connectivity index (χ2v) is 5.34. The van der Waals surface area contributed by atoms with Crippen molar-refractivity contribution < 1.29 is 33.4 Å². The van der Waals surface area contributed by atoms with E-state index in [-0.39, 0.29) is 37.6 Å². The number of likely N-dealkylation sites (tertiary alicyclic amines) is 1. The zero-order valence-electron chi connectivity index (χ0n) is 14.1. The molecule has 2 amide bonds. The Labute approximate surface area is 144 Å². The highest BCUT2D eigenvalue weighted by Crippen LogP contribution is 2.27. The molecule has 1 aliphatic rings. The topological polar surface area (TPSA) is 99.2 Å². The Balaban J connectivity index is 1.84. The fourth-order valence-electron chi connectivity index (χ4n) is 2.39. The van der Waals surface area contributed by atoms with Gasteiger partial charge in [0.1, 0.15) is 0 Å². The lowest BCUT2D eigenvalue weighted by molar-refractivity contribution is -0.144. The number of imide groups is 1. The molecular weight excluding hydrogens is 330 g/mol. The molecule has 1 saturated heterocycles. The van der Waals surface area contributed by atoms with Crippen molar-refractivity contribution in [3.05, 3.63) is 23.8 Å². The summed E-state index contributed by atoms with van der Waals surface area (Å²) in [5.41, 5.74) is 0.315. The lowest BCUT2D eigenvalue weighted by Crippen LogP contribution is -2.31. The van der Waals surface area contributed by atoms with Gasteiger partial charge in [-0.3, -0.25) is 24.1 Å². The highest BCUT2D eigenvalue weighted by Gasteiger charge is 2.29. The standard InChI is InChI=1S/C17H19NO7/c1-23-13-4-3-11(9-14(13)24-2)12(19)10-25-17(22)7-8-18-15(20)5-6-16(18)21/h3-4,9H,5-8,10H2,1-2H3. The molecule has 0 atom stereocenters. The Morgan fingerprint density at radius 2 is 1.68 bits per heavy atom. The lowest BCUT2D eigenvalue weighted by atomic mass is 10.1. The molecule has 1 aromatic carbocycles. The summed E-state index contributed by atoms with van der Waals surface area (Å²) in [6.07, 6.45) is 0.202. The smallest absolute Gasteiger partial charge is 0.308 e. The summed E-state index contributed by atoms with van der Waals surface area (Å²) >= 11 is 0. The molecule has 0 aliphatic carbocycles. The Bertz CT molecular complexity index is 682. The number of carbonyl (C=O) groups excluding carboxylic acids is 4. The van der Waals surface area contributed by atoms with Crippen molar-refractivity contribution in [1.29, 1.82) is 0 Å². The lowest BCUT2D eigenvalue weighted by Gasteiger charge is -2.13. The Kier molecular flexibility index (Phi) is 6.10. The zero-order valence-corrected chi connectivity index (χ0v) is 14.1. The largest absolute Gasteiger partial charge is 0.493 e. The predicted molar refractivity (Wildman–Crippen MR) is 85.4 cm³/mol. The summed E-state index contributed by atoms with van der Waals surface area (Å²) in [7, 11) is 2.93. The number of carbonyl (C=O) groups is 4. The van der Waals surface area contributed by atoms with Gasteiger partial charge < -0.3 is 14.2 Å². The van der Waals surface area contributed by atoms with Crippen LogP contribution in [0.2, 0.25) is 0 Å². The molecule has 0 spiro atoms. The molecule has 2 rings (SSSR count). The molecule has 25 heavy (non-hydrogen) atoms. The number of nitrogens with zero attached hydrogens (tertiary/aromatic N) is 1. The van der Waals surface area contributed by atoms with Gasteiger partial charge in [0.2, 0.25) is 11.8 Å². The van der Waals surface area contributed by atoms with Crippen LogP contribution in [0.5, 0.6) is 11.5 Å². The molecular formula is C17H19NO7. The summed E-state index contributed by atoms with van der Waals surface area (Å²) in [6.45, 7) is -0.461. The number of ketones is 1. The second-order valence-electron chi connectivity index (χ2n) is 5.34. The van der Waals surface area contributed by atoms with E-state index in [4.69, 9.17) is 14.2 Å². The molecule has 8 nitrogen and oxygen atoms in total. The first kappa shape index (κ1) is 18.4. The first-order valence-electron chi connectivity index (χ1n) is 7.70. The quantitative estimate of drug-likeness (QED) is 0.392. The number of benzene rings is 1. The summed E-state index contributed by atoms with van der Waals surface area (Å²) < 4.78 is 15.1. The molecule has 0 saturated carbocycles. The number of hydrogen-bond acceptors (Lipinski definition) is 7. The maximum atomic E-state index is 12.1. The highest BCUT2D eigenvalue weighted by molar-refractivity contribution is 6.02. The van der Waals surface area contributed by atoms with Gasteiger partial charge in [-0.1, -0.05) is 0 Å². The second kappa shape index (κ2) is 8.27. The van der Waals surface area contributed by atoms with Crippen LogP contribution in [0, 0.1) is 0 Å². The summed E-state index contributed by atoms with van der Waals surface area (Å²) in [5.74, 6) is -0.760. The SMILES string of the molecule is COc1ccc(C(=O)COC(=O)CCN2C(=O)CCC2=O)cc1OC. The van der Waals surface area contributed by atoms with Gasteiger partial charge in [-0.2, -0.15) is 0 Å². The minimum Gasteiger partial charge on any atom is -0.493 e. The van der Waals surface area contributed by atoms with E-state index < -0.39 is 18.4 Å². The van der Waals surface area contributed by atoms with Crippen molar-refractivity contribution in [3.8, 4) is 11.5 Å². The van der Waals surface area contributed by atoms with E-state index in [0.717, 1.165) is 4.90 Å². The van der Waals surface area contributed by atoms with Crippen LogP contribution in [0.3, 0.4) is 0 Å². The van der Waals surface area contributed by atoms with Crippen LogP contribution in [-0.4, -0.2) is 55.8 Å². The van der Waals surface area contributed by atoms with E-state index in [1.165, 1.54) is 20.3 Å². The van der Waals surface area contributed by atoms with E-state index in [1.807, 2.05) is 0 Å². The van der Waals surface area contributed by atoms with Crippen molar-refractivity contribution in [3.63, 3.8) is 0 Å². The Hall–Kier alpha value is -2.90. The summed E-state index contributed by atoms with van der Waals surface area (Å²) in [4.78, 5) is 47.7. The van der Waals surface area contributed by atoms with Gasteiger partial charge in [0.15, 0.2) is 23.9 Å². The number of amides is 2. The van der Waals surface area contributed by atoms with Crippen molar-refractivity contribution in [1.82, 2.24) is 4.90 Å². The van der Waals surface area contributed by atoms with Crippen molar-refractivity contribution >= 4 is 23.6 Å². The van der Waals surface area contributed by atoms with Gasteiger partial charge in [-0.15, -0.1) is 0 Å². The third-order valence-electron chi connectivity index (χ3n) is 3.76. The van der Waals surface area contributed by atoms with E-state index in [0.29, 0.717) is 17.1 Å². The zero-order chi connectivity index (χ0) is 18.4. The molecule has 1 aromatic rings. The van der Waals surface area contributed by atoms with Crippen LogP contribution in [0.1, 0.15) is 29.6 Å². The third-order valence-corrected chi connectivity index (χ3v) is 3.76. The van der Waals surface area contributed by atoms with Crippen LogP contribution in [0.25, 0.3) is 0 Å². The first-order valence-corrected chi connectivity index (χ1v) is 7.70. The maximum Gasteiger partial charge on any atom is 0.308 e. The third kappa shape index (κ3) is 4.56. The molecule has 0 aromatic heterocycles. The number of Topliss-reactive ketones (excluding diaryl/α,β-unsaturated/α-hetero) is 1. The normalized spacial score (nSPS) is 13.8. The molecule has 0 N–H and O–H groups in total. The van der Waals surface area contributed by atoms with Gasteiger partial charge in [0, 0.05) is 24.9 Å². The minimum atomic E-state index is -0.652. The molecule has 0 radical (unpaired) electrons. The van der Waals surface area contributed by atoms with Gasteiger partial charge in [-0.25, -0.2) is 0 Å². The predicted octanol–water partition coefficient (Wildman–Crippen LogP) is 0.969. The van der Waals surface area contributed by atoms with Crippen LogP contribution in [0.15, 0.2) is 18.2 Å². The molecule has 8 heteroatoms. The van der Waals surface area contributed by atoms with Crippen LogP contribution in [-0.2, 0) is 19.1 Å². The van der Waals surface area contributed by atoms with E-state index in [9.17, 15) is 19.2 Å². The monoisotopic (exact) mass is 349 g/mol. The van der Waals surface area contributed by atoms with E-state index in [2.05, 4.69) is 0 Å². The van der Waals surface area contributed by atoms with Crippen LogP contribution < -0.4 is 9.47 Å². The Morgan fingerprint density at radius 1 is 1.04 bits per heavy atom. The maximum absolute atomic E-state index is 12.1. The van der Waals surface area contributed by atoms with E-state index in [1.54, 1.807) is 12.1 Å². The number of methoxy groups -OCH3 is 2. The molecule has 1 heterocycles. The average molecular weight is 349 g/mol. The number of hydrogen-bond donors (Lipinski definition) is 0. The highest BCUT2D eigenvalue weighted by atomic mass is 16.5. The molecule has 0 unspecified atom stereocenters. The van der Waals surface area contributed by atoms with Gasteiger partial charge >= 0.3 is 5.97 Å². The van der Waals surface area contributed by atoms with E-state index >= 15 is 0 Å². The van der Waals surface area contributed by atoms with Crippen LogP contribution in [0.4, 0.5) is 0 Å². The summed E-state index contributed by atoms with van der Waals surface area (Å²) in [6, 6.07) is 4.62. The molecule has 1 aliphatic heterocycles. The van der Waals surface area contributed by atoms with Gasteiger partial charge in [0.05, 0.1) is 20.6 Å². The minimum absolute atomic E-state index is 0.0267. The van der Waals surface area contributed by atoms with Crippen molar-refractivity contribution in [2.45, 2.75) is 19.3 Å². The first-order chi connectivity index (χ1) is 12.0. The van der Waals surface area contributed by atoms with Gasteiger partial charge in [-0.05, 0) is 18.2 Å².